The quantitative estimate of drug-likeness (QED) is 0.814. The van der Waals surface area contributed by atoms with Crippen molar-refractivity contribution in [1.82, 2.24) is 25.1 Å². The van der Waals surface area contributed by atoms with Gasteiger partial charge in [-0.25, -0.2) is 4.98 Å². The average molecular weight is 371 g/mol. The molecular weight excluding hydrogens is 346 g/mol. The van der Waals surface area contributed by atoms with E-state index in [0.717, 1.165) is 30.8 Å². The number of hydrogen-bond acceptors (Lipinski definition) is 5. The number of carbonyl (C=O) groups is 2. The molecule has 2 amide bonds. The fourth-order valence-corrected chi connectivity index (χ4v) is 3.27. The monoisotopic (exact) mass is 371 g/mol. The van der Waals surface area contributed by atoms with E-state index in [1.54, 1.807) is 7.11 Å². The van der Waals surface area contributed by atoms with Gasteiger partial charge in [-0.3, -0.25) is 9.59 Å². The Labute approximate surface area is 158 Å². The summed E-state index contributed by atoms with van der Waals surface area (Å²) in [6.07, 6.45) is 0.960. The van der Waals surface area contributed by atoms with Gasteiger partial charge in [0, 0.05) is 20.1 Å². The number of amides is 2. The molecule has 8 nitrogen and oxygen atoms in total. The number of nitrogens with zero attached hydrogens (tertiary/aromatic N) is 3. The molecule has 0 radical (unpaired) electrons. The summed E-state index contributed by atoms with van der Waals surface area (Å²) in [4.78, 5) is 31.0. The minimum atomic E-state index is -0.348. The van der Waals surface area contributed by atoms with Crippen molar-refractivity contribution in [3.8, 4) is 17.1 Å². The highest BCUT2D eigenvalue weighted by Gasteiger charge is 2.27. The molecule has 0 saturated carbocycles. The standard InChI is InChI=1S/C19H25N5O3/c1-20-16(25)11-21-19(26)17-14-12-23(2)9-6-10-24(14)18(22-17)13-7-4-5-8-15(13)27-3/h4-5,7-8H,6,9-12H2,1-3H3,(H,20,25)(H,21,26). The Morgan fingerprint density at radius 1 is 1.26 bits per heavy atom. The van der Waals surface area contributed by atoms with E-state index in [-0.39, 0.29) is 18.4 Å². The van der Waals surface area contributed by atoms with E-state index in [1.165, 1.54) is 7.05 Å². The molecule has 8 heteroatoms. The smallest absolute Gasteiger partial charge is 0.272 e. The number of ether oxygens (including phenoxy) is 1. The summed E-state index contributed by atoms with van der Waals surface area (Å²) in [5, 5.41) is 5.15. The van der Waals surface area contributed by atoms with Crippen LogP contribution in [0.2, 0.25) is 0 Å². The number of nitrogens with one attached hydrogen (secondary N) is 2. The molecule has 2 heterocycles. The summed E-state index contributed by atoms with van der Waals surface area (Å²) in [6.45, 7) is 2.24. The fraction of sp³-hybridized carbons (Fsp3) is 0.421. The molecule has 1 aliphatic heterocycles. The normalized spacial score (nSPS) is 14.2. The minimum Gasteiger partial charge on any atom is -0.496 e. The Balaban J connectivity index is 2.05. The first-order chi connectivity index (χ1) is 13.0. The average Bonchev–Trinajstić information content (AvgIpc) is 2.92. The second kappa shape index (κ2) is 8.22. The van der Waals surface area contributed by atoms with E-state index in [1.807, 2.05) is 31.3 Å². The van der Waals surface area contributed by atoms with Crippen molar-refractivity contribution in [3.63, 3.8) is 0 Å². The van der Waals surface area contributed by atoms with Crippen molar-refractivity contribution in [2.45, 2.75) is 19.5 Å². The van der Waals surface area contributed by atoms with E-state index in [0.29, 0.717) is 23.8 Å². The lowest BCUT2D eigenvalue weighted by atomic mass is 10.2. The SMILES string of the molecule is CNC(=O)CNC(=O)c1nc(-c2ccccc2OC)n2c1CN(C)CCC2. The van der Waals surface area contributed by atoms with Gasteiger partial charge in [0.15, 0.2) is 5.69 Å². The molecule has 0 atom stereocenters. The summed E-state index contributed by atoms with van der Waals surface area (Å²) in [5.74, 6) is 0.817. The zero-order chi connectivity index (χ0) is 19.4. The molecule has 0 spiro atoms. The summed E-state index contributed by atoms with van der Waals surface area (Å²) >= 11 is 0. The van der Waals surface area contributed by atoms with E-state index >= 15 is 0 Å². The second-order valence-electron chi connectivity index (χ2n) is 6.53. The van der Waals surface area contributed by atoms with Gasteiger partial charge in [0.05, 0.1) is 24.9 Å². The van der Waals surface area contributed by atoms with Crippen LogP contribution in [0.15, 0.2) is 24.3 Å². The molecule has 0 unspecified atom stereocenters. The molecule has 2 N–H and O–H groups in total. The molecule has 2 aromatic rings. The number of imidazole rings is 1. The third kappa shape index (κ3) is 3.95. The molecule has 27 heavy (non-hydrogen) atoms. The van der Waals surface area contributed by atoms with E-state index < -0.39 is 0 Å². The van der Waals surface area contributed by atoms with Crippen LogP contribution in [0.1, 0.15) is 22.6 Å². The first kappa shape index (κ1) is 18.9. The van der Waals surface area contributed by atoms with E-state index in [9.17, 15) is 9.59 Å². The van der Waals surface area contributed by atoms with Crippen LogP contribution in [-0.2, 0) is 17.9 Å². The highest BCUT2D eigenvalue weighted by atomic mass is 16.5. The van der Waals surface area contributed by atoms with Gasteiger partial charge in [0.25, 0.3) is 5.91 Å². The molecular formula is C19H25N5O3. The van der Waals surface area contributed by atoms with E-state index in [4.69, 9.17) is 4.74 Å². The molecule has 1 aromatic carbocycles. The number of benzene rings is 1. The van der Waals surface area contributed by atoms with Crippen molar-refractivity contribution >= 4 is 11.8 Å². The Bertz CT molecular complexity index is 846. The van der Waals surface area contributed by atoms with Gasteiger partial charge in [-0.15, -0.1) is 0 Å². The predicted molar refractivity (Wildman–Crippen MR) is 102 cm³/mol. The van der Waals surface area contributed by atoms with Crippen LogP contribution in [0.25, 0.3) is 11.4 Å². The minimum absolute atomic E-state index is 0.0819. The molecule has 0 fully saturated rings. The number of likely N-dealkylation sites (N-methyl/N-ethyl adjacent to an activating group) is 1. The number of hydrogen-bond donors (Lipinski definition) is 2. The zero-order valence-electron chi connectivity index (χ0n) is 15.9. The first-order valence-electron chi connectivity index (χ1n) is 8.95. The van der Waals surface area contributed by atoms with Gasteiger partial charge >= 0.3 is 0 Å². The Morgan fingerprint density at radius 2 is 2.04 bits per heavy atom. The lowest BCUT2D eigenvalue weighted by molar-refractivity contribution is -0.119. The van der Waals surface area contributed by atoms with Crippen molar-refractivity contribution in [1.29, 1.82) is 0 Å². The van der Waals surface area contributed by atoms with Crippen molar-refractivity contribution in [2.75, 3.05) is 34.3 Å². The van der Waals surface area contributed by atoms with Crippen LogP contribution >= 0.6 is 0 Å². The van der Waals surface area contributed by atoms with E-state index in [2.05, 4.69) is 25.1 Å². The van der Waals surface area contributed by atoms with Crippen LogP contribution in [0.4, 0.5) is 0 Å². The van der Waals surface area contributed by atoms with Crippen LogP contribution in [-0.4, -0.2) is 60.6 Å². The maximum atomic E-state index is 12.7. The lowest BCUT2D eigenvalue weighted by Crippen LogP contribution is -2.36. The maximum absolute atomic E-state index is 12.7. The molecule has 3 rings (SSSR count). The zero-order valence-corrected chi connectivity index (χ0v) is 15.9. The van der Waals surface area contributed by atoms with Crippen molar-refractivity contribution < 1.29 is 14.3 Å². The summed E-state index contributed by atoms with van der Waals surface area (Å²) in [5.41, 5.74) is 2.05. The fourth-order valence-electron chi connectivity index (χ4n) is 3.27. The Morgan fingerprint density at radius 3 is 2.78 bits per heavy atom. The summed E-state index contributed by atoms with van der Waals surface area (Å²) in [7, 11) is 5.18. The van der Waals surface area contributed by atoms with Crippen LogP contribution < -0.4 is 15.4 Å². The van der Waals surface area contributed by atoms with Crippen LogP contribution in [0, 0.1) is 0 Å². The van der Waals surface area contributed by atoms with Crippen molar-refractivity contribution in [2.24, 2.45) is 0 Å². The first-order valence-corrected chi connectivity index (χ1v) is 8.95. The number of rotatable bonds is 5. The van der Waals surface area contributed by atoms with Gasteiger partial charge in [0.1, 0.15) is 11.6 Å². The topological polar surface area (TPSA) is 88.5 Å². The Hall–Kier alpha value is -2.87. The molecule has 1 aromatic heterocycles. The summed E-state index contributed by atoms with van der Waals surface area (Å²) in [6, 6.07) is 7.65. The summed E-state index contributed by atoms with van der Waals surface area (Å²) < 4.78 is 7.58. The molecule has 0 bridgehead atoms. The highest BCUT2D eigenvalue weighted by molar-refractivity contribution is 5.96. The Kier molecular flexibility index (Phi) is 5.75. The van der Waals surface area contributed by atoms with Gasteiger partial charge < -0.3 is 24.8 Å². The predicted octanol–water partition coefficient (Wildman–Crippen LogP) is 0.870. The van der Waals surface area contributed by atoms with Gasteiger partial charge in [-0.1, -0.05) is 12.1 Å². The molecule has 0 aliphatic carbocycles. The number of fused-ring (bicyclic) bond motifs is 1. The van der Waals surface area contributed by atoms with Gasteiger partial charge in [-0.2, -0.15) is 0 Å². The number of carbonyl (C=O) groups excluding carboxylic acids is 2. The van der Waals surface area contributed by atoms with Gasteiger partial charge in [-0.05, 0) is 32.1 Å². The van der Waals surface area contributed by atoms with Gasteiger partial charge in [0.2, 0.25) is 5.91 Å². The third-order valence-corrected chi connectivity index (χ3v) is 4.67. The van der Waals surface area contributed by atoms with Crippen molar-refractivity contribution in [3.05, 3.63) is 35.7 Å². The molecule has 1 aliphatic rings. The highest BCUT2D eigenvalue weighted by Crippen LogP contribution is 2.32. The lowest BCUT2D eigenvalue weighted by Gasteiger charge is -2.13. The second-order valence-corrected chi connectivity index (χ2v) is 6.53. The third-order valence-electron chi connectivity index (χ3n) is 4.67. The largest absolute Gasteiger partial charge is 0.496 e. The van der Waals surface area contributed by atoms with Crippen LogP contribution in [0.5, 0.6) is 5.75 Å². The number of methoxy groups -OCH3 is 1. The molecule has 144 valence electrons. The maximum Gasteiger partial charge on any atom is 0.272 e. The van der Waals surface area contributed by atoms with Crippen LogP contribution in [0.3, 0.4) is 0 Å². The molecule has 0 saturated heterocycles. The number of para-hydroxylation sites is 1. The number of aromatic nitrogens is 2.